The summed E-state index contributed by atoms with van der Waals surface area (Å²) in [6.45, 7) is 4.87. The van der Waals surface area contributed by atoms with Gasteiger partial charge in [-0.2, -0.15) is 0 Å². The lowest BCUT2D eigenvalue weighted by molar-refractivity contribution is 0.0346. The van der Waals surface area contributed by atoms with E-state index in [4.69, 9.17) is 28.9 Å². The molecule has 0 aliphatic heterocycles. The molecule has 3 unspecified atom stereocenters. The first-order valence-electron chi connectivity index (χ1n) is 7.20. The molecule has 0 amide bonds. The largest absolute Gasteiger partial charge is 0.392 e. The Balaban J connectivity index is 2.25. The molecule has 112 valence electrons. The third kappa shape index (κ3) is 3.14. The molecule has 1 aromatic carbocycles. The zero-order valence-electron chi connectivity index (χ0n) is 12.1. The van der Waals surface area contributed by atoms with E-state index in [0.29, 0.717) is 16.6 Å². The van der Waals surface area contributed by atoms with Crippen LogP contribution in [0.25, 0.3) is 0 Å². The molecule has 1 fully saturated rings. The first kappa shape index (κ1) is 16.1. The average Bonchev–Trinajstić information content (AvgIpc) is 2.74. The van der Waals surface area contributed by atoms with Gasteiger partial charge in [0, 0.05) is 12.5 Å². The fourth-order valence-corrected chi connectivity index (χ4v) is 3.79. The van der Waals surface area contributed by atoms with E-state index in [1.54, 1.807) is 6.07 Å². The Hall–Kier alpha value is -0.280. The van der Waals surface area contributed by atoms with Crippen molar-refractivity contribution in [1.29, 1.82) is 0 Å². The van der Waals surface area contributed by atoms with Gasteiger partial charge in [0.2, 0.25) is 0 Å². The van der Waals surface area contributed by atoms with Crippen molar-refractivity contribution in [2.75, 3.05) is 6.54 Å². The van der Waals surface area contributed by atoms with Crippen molar-refractivity contribution in [3.63, 3.8) is 0 Å². The van der Waals surface area contributed by atoms with Crippen molar-refractivity contribution in [3.05, 3.63) is 33.8 Å². The lowest BCUT2D eigenvalue weighted by atomic mass is 9.73. The summed E-state index contributed by atoms with van der Waals surface area (Å²) in [5.41, 5.74) is 7.05. The average molecular weight is 316 g/mol. The van der Waals surface area contributed by atoms with Crippen LogP contribution < -0.4 is 5.73 Å². The van der Waals surface area contributed by atoms with Gasteiger partial charge in [-0.3, -0.25) is 0 Å². The Kier molecular flexibility index (Phi) is 5.01. The van der Waals surface area contributed by atoms with Crippen molar-refractivity contribution in [2.24, 2.45) is 17.1 Å². The zero-order valence-corrected chi connectivity index (χ0v) is 13.6. The zero-order chi connectivity index (χ0) is 14.9. The van der Waals surface area contributed by atoms with E-state index < -0.39 is 6.10 Å². The van der Waals surface area contributed by atoms with Crippen LogP contribution in [0.2, 0.25) is 10.0 Å². The number of benzene rings is 1. The lowest BCUT2D eigenvalue weighted by Gasteiger charge is -2.35. The maximum atomic E-state index is 10.8. The SMILES string of the molecule is CC1(C)CCCC1C(O)C(CN)c1ccc(Cl)c(Cl)c1. The fourth-order valence-electron chi connectivity index (χ4n) is 3.48. The van der Waals surface area contributed by atoms with E-state index in [1.165, 1.54) is 6.42 Å². The van der Waals surface area contributed by atoms with Gasteiger partial charge in [-0.15, -0.1) is 0 Å². The topological polar surface area (TPSA) is 46.2 Å². The molecule has 20 heavy (non-hydrogen) atoms. The normalized spacial score (nSPS) is 24.6. The Bertz CT molecular complexity index is 476. The smallest absolute Gasteiger partial charge is 0.0654 e. The molecule has 0 aromatic heterocycles. The predicted molar refractivity (Wildman–Crippen MR) is 85.4 cm³/mol. The molecule has 1 aromatic rings. The molecule has 4 heteroatoms. The van der Waals surface area contributed by atoms with Crippen molar-refractivity contribution in [2.45, 2.75) is 45.1 Å². The molecule has 1 saturated carbocycles. The molecule has 1 aliphatic rings. The molecular formula is C16H23Cl2NO. The number of aliphatic hydroxyl groups excluding tert-OH is 1. The van der Waals surface area contributed by atoms with Crippen molar-refractivity contribution in [1.82, 2.24) is 0 Å². The second-order valence-electron chi connectivity index (χ2n) is 6.49. The number of nitrogens with two attached hydrogens (primary N) is 1. The number of hydrogen-bond donors (Lipinski definition) is 2. The fraction of sp³-hybridized carbons (Fsp3) is 0.625. The van der Waals surface area contributed by atoms with Gasteiger partial charge in [0.15, 0.2) is 0 Å². The summed E-state index contributed by atoms with van der Waals surface area (Å²) in [7, 11) is 0. The first-order valence-corrected chi connectivity index (χ1v) is 7.95. The van der Waals surface area contributed by atoms with E-state index >= 15 is 0 Å². The lowest BCUT2D eigenvalue weighted by Crippen LogP contribution is -2.37. The maximum Gasteiger partial charge on any atom is 0.0654 e. The summed E-state index contributed by atoms with van der Waals surface area (Å²) in [5, 5.41) is 11.8. The quantitative estimate of drug-likeness (QED) is 0.873. The van der Waals surface area contributed by atoms with Gasteiger partial charge >= 0.3 is 0 Å². The Morgan fingerprint density at radius 3 is 2.55 bits per heavy atom. The Morgan fingerprint density at radius 2 is 2.05 bits per heavy atom. The molecule has 3 atom stereocenters. The second-order valence-corrected chi connectivity index (χ2v) is 7.31. The van der Waals surface area contributed by atoms with Gasteiger partial charge in [0.1, 0.15) is 0 Å². The van der Waals surface area contributed by atoms with Crippen LogP contribution >= 0.6 is 23.2 Å². The van der Waals surface area contributed by atoms with Gasteiger partial charge in [0.05, 0.1) is 16.1 Å². The summed E-state index contributed by atoms with van der Waals surface area (Å²) >= 11 is 12.0. The second kappa shape index (κ2) is 6.23. The highest BCUT2D eigenvalue weighted by Gasteiger charge is 2.41. The van der Waals surface area contributed by atoms with E-state index in [9.17, 15) is 5.11 Å². The van der Waals surface area contributed by atoms with E-state index in [1.807, 2.05) is 12.1 Å². The van der Waals surface area contributed by atoms with E-state index in [2.05, 4.69) is 13.8 Å². The molecular weight excluding hydrogens is 293 g/mol. The summed E-state index contributed by atoms with van der Waals surface area (Å²) in [6, 6.07) is 5.51. The molecule has 0 radical (unpaired) electrons. The molecule has 0 bridgehead atoms. The molecule has 1 aliphatic carbocycles. The highest BCUT2D eigenvalue weighted by atomic mass is 35.5. The van der Waals surface area contributed by atoms with E-state index in [-0.39, 0.29) is 17.3 Å². The van der Waals surface area contributed by atoms with Gasteiger partial charge in [0.25, 0.3) is 0 Å². The third-order valence-corrected chi connectivity index (χ3v) is 5.53. The van der Waals surface area contributed by atoms with Gasteiger partial charge in [-0.05, 0) is 41.9 Å². The Morgan fingerprint density at radius 1 is 1.35 bits per heavy atom. The minimum absolute atomic E-state index is 0.0906. The van der Waals surface area contributed by atoms with E-state index in [0.717, 1.165) is 18.4 Å². The van der Waals surface area contributed by atoms with Crippen molar-refractivity contribution < 1.29 is 5.11 Å². The number of aliphatic hydroxyl groups is 1. The van der Waals surface area contributed by atoms with Crippen LogP contribution in [0.1, 0.15) is 44.6 Å². The summed E-state index contributed by atoms with van der Waals surface area (Å²) in [6.07, 6.45) is 2.96. The molecule has 2 nitrogen and oxygen atoms in total. The standard InChI is InChI=1S/C16H23Cl2NO/c1-16(2)7-3-4-12(16)15(20)11(9-19)10-5-6-13(17)14(18)8-10/h5-6,8,11-12,15,20H,3-4,7,9,19H2,1-2H3. The molecule has 0 spiro atoms. The summed E-state index contributed by atoms with van der Waals surface area (Å²) in [4.78, 5) is 0. The number of rotatable bonds is 4. The number of halogens is 2. The molecule has 0 heterocycles. The molecule has 3 N–H and O–H groups in total. The summed E-state index contributed by atoms with van der Waals surface area (Å²) in [5.74, 6) is 0.192. The van der Waals surface area contributed by atoms with Gasteiger partial charge < -0.3 is 10.8 Å². The van der Waals surface area contributed by atoms with Gasteiger partial charge in [-0.25, -0.2) is 0 Å². The van der Waals surface area contributed by atoms with Crippen LogP contribution in [-0.2, 0) is 0 Å². The Labute approximate surface area is 131 Å². The van der Waals surface area contributed by atoms with Crippen LogP contribution in [0.5, 0.6) is 0 Å². The van der Waals surface area contributed by atoms with Crippen LogP contribution in [-0.4, -0.2) is 17.8 Å². The monoisotopic (exact) mass is 315 g/mol. The molecule has 0 saturated heterocycles. The minimum atomic E-state index is -0.435. The van der Waals surface area contributed by atoms with Crippen LogP contribution in [0.15, 0.2) is 18.2 Å². The van der Waals surface area contributed by atoms with Crippen LogP contribution in [0.3, 0.4) is 0 Å². The van der Waals surface area contributed by atoms with Gasteiger partial charge in [-0.1, -0.05) is 49.5 Å². The predicted octanol–water partition coefficient (Wildman–Crippen LogP) is 4.22. The highest BCUT2D eigenvalue weighted by Crippen LogP contribution is 2.47. The summed E-state index contributed by atoms with van der Waals surface area (Å²) < 4.78 is 0. The third-order valence-electron chi connectivity index (χ3n) is 4.79. The van der Waals surface area contributed by atoms with Crippen LogP contribution in [0, 0.1) is 11.3 Å². The first-order chi connectivity index (χ1) is 9.36. The minimum Gasteiger partial charge on any atom is -0.392 e. The highest BCUT2D eigenvalue weighted by molar-refractivity contribution is 6.42. The molecule has 2 rings (SSSR count). The van der Waals surface area contributed by atoms with Crippen LogP contribution in [0.4, 0.5) is 0 Å². The van der Waals surface area contributed by atoms with Crippen molar-refractivity contribution in [3.8, 4) is 0 Å². The van der Waals surface area contributed by atoms with Crippen molar-refractivity contribution >= 4 is 23.2 Å². The number of hydrogen-bond acceptors (Lipinski definition) is 2. The maximum absolute atomic E-state index is 10.8.